The number of fused-ring (bicyclic) bond motifs is 1. The molecule has 3 aromatic heterocycles. The molecular formula is C42H60N16O9. The van der Waals surface area contributed by atoms with Gasteiger partial charge in [0.15, 0.2) is 5.96 Å². The number of amides is 7. The van der Waals surface area contributed by atoms with Crippen LogP contribution in [0, 0.1) is 0 Å². The molecule has 362 valence electrons. The lowest BCUT2D eigenvalue weighted by Crippen LogP contribution is -2.61. The topological polar surface area (TPSA) is 413 Å². The molecule has 7 amide bonds. The zero-order valence-electron chi connectivity index (χ0n) is 37.1. The normalized spacial score (nSPS) is 17.1. The highest BCUT2D eigenvalue weighted by atomic mass is 16.3. The summed E-state index contributed by atoms with van der Waals surface area (Å²) < 4.78 is 0. The van der Waals surface area contributed by atoms with Crippen molar-refractivity contribution in [3.05, 3.63) is 72.5 Å². The van der Waals surface area contributed by atoms with E-state index in [9.17, 15) is 43.8 Å². The smallest absolute Gasteiger partial charge is 0.245 e. The number of nitrogens with two attached hydrogens (primary N) is 4. The van der Waals surface area contributed by atoms with Crippen molar-refractivity contribution in [1.29, 1.82) is 0 Å². The molecule has 0 bridgehead atoms. The summed E-state index contributed by atoms with van der Waals surface area (Å²) in [5, 5.41) is 34.1. The van der Waals surface area contributed by atoms with Crippen LogP contribution >= 0.6 is 0 Å². The number of hydrogen-bond acceptors (Lipinski definition) is 13. The molecule has 0 aliphatic carbocycles. The fraction of sp³-hybridized carbons (Fsp3) is 0.476. The fourth-order valence-corrected chi connectivity index (χ4v) is 7.63. The van der Waals surface area contributed by atoms with Crippen LogP contribution in [0.1, 0.15) is 56.5 Å². The van der Waals surface area contributed by atoms with Gasteiger partial charge in [0, 0.05) is 73.2 Å². The molecule has 4 heterocycles. The van der Waals surface area contributed by atoms with Crippen LogP contribution in [0.25, 0.3) is 10.9 Å². The molecule has 0 spiro atoms. The number of guanidine groups is 1. The van der Waals surface area contributed by atoms with E-state index in [1.807, 2.05) is 24.3 Å². The van der Waals surface area contributed by atoms with E-state index in [1.165, 1.54) is 43.8 Å². The molecule has 18 N–H and O–H groups in total. The maximum atomic E-state index is 14.6. The molecule has 67 heavy (non-hydrogen) atoms. The highest BCUT2D eigenvalue weighted by Crippen LogP contribution is 2.23. The van der Waals surface area contributed by atoms with Gasteiger partial charge in [-0.15, -0.1) is 0 Å². The SMILES string of the molecule is C[C@@H](O)[C@H](N)C(=O)N[C@@H](Cc1cnc[nH]1)C(=O)N[C@@H](Cc1cnc[nH]1)C(=O)N[C@@H](CCCN=C(N)N)C(=O)N1CCC[C@H]1C(=O)N[C@@H](Cc1c[nH]c2ccccc12)C(=O)N[C@H](C(N)=O)[C@@H](C)O. The summed E-state index contributed by atoms with van der Waals surface area (Å²) in [4.78, 5) is 118. The first-order valence-electron chi connectivity index (χ1n) is 21.7. The first kappa shape index (κ1) is 50.6. The number of aliphatic imine (C=N–C) groups is 1. The number of benzene rings is 1. The second-order valence-electron chi connectivity index (χ2n) is 16.4. The van der Waals surface area contributed by atoms with Crippen molar-refractivity contribution in [2.75, 3.05) is 13.1 Å². The zero-order valence-corrected chi connectivity index (χ0v) is 37.1. The number of rotatable bonds is 24. The largest absolute Gasteiger partial charge is 0.391 e. The minimum absolute atomic E-state index is 0.0217. The average molecular weight is 933 g/mol. The summed E-state index contributed by atoms with van der Waals surface area (Å²) in [5.41, 5.74) is 24.7. The van der Waals surface area contributed by atoms with E-state index < -0.39 is 95.9 Å². The Kier molecular flexibility index (Phi) is 17.9. The first-order valence-corrected chi connectivity index (χ1v) is 21.7. The number of aliphatic hydroxyl groups excluding tert-OH is 2. The van der Waals surface area contributed by atoms with E-state index in [0.29, 0.717) is 23.4 Å². The van der Waals surface area contributed by atoms with E-state index >= 15 is 0 Å². The molecule has 1 saturated heterocycles. The average Bonchev–Trinajstić information content (AvgIpc) is 4.14. The zero-order chi connectivity index (χ0) is 48.8. The van der Waals surface area contributed by atoms with Crippen molar-refractivity contribution in [3.8, 4) is 0 Å². The number of para-hydroxylation sites is 1. The number of hydrogen-bond donors (Lipinski definition) is 14. The van der Waals surface area contributed by atoms with Crippen LogP contribution in [0.4, 0.5) is 0 Å². The third-order valence-corrected chi connectivity index (χ3v) is 11.3. The number of carbonyl (C=O) groups is 7. The minimum atomic E-state index is -1.47. The Balaban J connectivity index is 1.39. The van der Waals surface area contributed by atoms with Gasteiger partial charge in [0.1, 0.15) is 42.3 Å². The second kappa shape index (κ2) is 23.7. The minimum Gasteiger partial charge on any atom is -0.391 e. The van der Waals surface area contributed by atoms with E-state index in [4.69, 9.17) is 22.9 Å². The third-order valence-electron chi connectivity index (χ3n) is 11.3. The predicted molar refractivity (Wildman–Crippen MR) is 241 cm³/mol. The lowest BCUT2D eigenvalue weighted by molar-refractivity contribution is -0.142. The number of carbonyl (C=O) groups excluding carboxylic acids is 7. The van der Waals surface area contributed by atoms with Gasteiger partial charge in [0.25, 0.3) is 0 Å². The van der Waals surface area contributed by atoms with Crippen molar-refractivity contribution in [3.63, 3.8) is 0 Å². The predicted octanol–water partition coefficient (Wildman–Crippen LogP) is -4.32. The number of aromatic amines is 3. The summed E-state index contributed by atoms with van der Waals surface area (Å²) >= 11 is 0. The lowest BCUT2D eigenvalue weighted by Gasteiger charge is -2.31. The number of nitrogens with one attached hydrogen (secondary N) is 8. The van der Waals surface area contributed by atoms with Crippen LogP contribution in [-0.4, -0.2) is 155 Å². The van der Waals surface area contributed by atoms with Gasteiger partial charge in [0.05, 0.1) is 24.9 Å². The van der Waals surface area contributed by atoms with Gasteiger partial charge in [0.2, 0.25) is 41.4 Å². The number of imidazole rings is 2. The molecule has 1 aromatic carbocycles. The quantitative estimate of drug-likeness (QED) is 0.0180. The van der Waals surface area contributed by atoms with Crippen LogP contribution in [-0.2, 0) is 52.8 Å². The Morgan fingerprint density at radius 2 is 1.36 bits per heavy atom. The van der Waals surface area contributed by atoms with E-state index in [0.717, 1.165) is 10.9 Å². The van der Waals surface area contributed by atoms with Gasteiger partial charge in [-0.05, 0) is 51.2 Å². The lowest BCUT2D eigenvalue weighted by atomic mass is 10.0. The molecule has 1 aliphatic heterocycles. The Morgan fingerprint density at radius 3 is 1.93 bits per heavy atom. The van der Waals surface area contributed by atoms with Crippen molar-refractivity contribution in [2.24, 2.45) is 27.9 Å². The molecular weight excluding hydrogens is 873 g/mol. The summed E-state index contributed by atoms with van der Waals surface area (Å²) in [7, 11) is 0. The molecule has 1 aliphatic rings. The summed E-state index contributed by atoms with van der Waals surface area (Å²) in [6.45, 7) is 2.77. The molecule has 1 fully saturated rings. The van der Waals surface area contributed by atoms with Crippen LogP contribution in [0.2, 0.25) is 0 Å². The first-order chi connectivity index (χ1) is 31.9. The van der Waals surface area contributed by atoms with Crippen molar-refractivity contribution in [2.45, 2.75) is 113 Å². The van der Waals surface area contributed by atoms with E-state index in [2.05, 4.69) is 56.5 Å². The molecule has 25 nitrogen and oxygen atoms in total. The van der Waals surface area contributed by atoms with Gasteiger partial charge in [-0.2, -0.15) is 0 Å². The van der Waals surface area contributed by atoms with E-state index in [-0.39, 0.29) is 57.6 Å². The van der Waals surface area contributed by atoms with Crippen molar-refractivity contribution >= 4 is 58.2 Å². The monoisotopic (exact) mass is 932 g/mol. The Labute approximate surface area is 384 Å². The van der Waals surface area contributed by atoms with Gasteiger partial charge in [-0.3, -0.25) is 38.6 Å². The van der Waals surface area contributed by atoms with Gasteiger partial charge < -0.3 is 79.6 Å². The molecule has 5 rings (SSSR count). The molecule has 25 heteroatoms. The standard InChI is InChI=1S/C42H60N16O9/c1-21(59)33(43)40(66)56-31(15-25-18-48-20-52-25)37(63)54-30(14-24-17-47-19-51-24)36(62)53-28(9-5-11-49-42(45)46)41(67)58-12-6-10-32(58)39(65)55-29(38(64)57-34(22(2)60)35(44)61)13-23-16-50-27-8-4-3-7-26(23)27/h3-4,7-8,16-22,28-34,50,59-60H,5-6,9-15,43H2,1-2H3,(H2,44,61)(H,47,51)(H,48,52)(H,53,62)(H,54,63)(H,55,65)(H,56,66)(H,57,64)(H4,45,46,49)/t21-,22-,28+,29+,30+,31+,32+,33+,34+/m1/s1. The summed E-state index contributed by atoms with van der Waals surface area (Å²) in [6, 6.07) is -1.97. The highest BCUT2D eigenvalue weighted by molar-refractivity contribution is 5.98. The van der Waals surface area contributed by atoms with Crippen LogP contribution in [0.15, 0.2) is 60.5 Å². The van der Waals surface area contributed by atoms with Crippen molar-refractivity contribution < 1.29 is 43.8 Å². The Bertz CT molecular complexity index is 2350. The van der Waals surface area contributed by atoms with Crippen LogP contribution < -0.4 is 49.5 Å². The number of primary amides is 1. The second-order valence-corrected chi connectivity index (χ2v) is 16.4. The van der Waals surface area contributed by atoms with Crippen molar-refractivity contribution in [1.82, 2.24) is 56.4 Å². The van der Waals surface area contributed by atoms with Gasteiger partial charge in [-0.25, -0.2) is 9.97 Å². The number of likely N-dealkylation sites (tertiary alicyclic amines) is 1. The Hall–Kier alpha value is -7.38. The molecule has 0 unspecified atom stereocenters. The Morgan fingerprint density at radius 1 is 0.776 bits per heavy atom. The molecule has 9 atom stereocenters. The maximum absolute atomic E-state index is 14.6. The van der Waals surface area contributed by atoms with Gasteiger partial charge in [-0.1, -0.05) is 18.2 Å². The van der Waals surface area contributed by atoms with Crippen LogP contribution in [0.5, 0.6) is 0 Å². The van der Waals surface area contributed by atoms with Gasteiger partial charge >= 0.3 is 0 Å². The molecule has 0 radical (unpaired) electrons. The van der Waals surface area contributed by atoms with Crippen LogP contribution in [0.3, 0.4) is 0 Å². The molecule has 4 aromatic rings. The number of H-pyrrole nitrogens is 3. The van der Waals surface area contributed by atoms with E-state index in [1.54, 1.807) is 6.20 Å². The number of aromatic nitrogens is 5. The number of nitrogens with zero attached hydrogens (tertiary/aromatic N) is 4. The number of aliphatic hydroxyl groups is 2. The fourth-order valence-electron chi connectivity index (χ4n) is 7.63. The summed E-state index contributed by atoms with van der Waals surface area (Å²) in [5.74, 6) is -5.81. The maximum Gasteiger partial charge on any atom is 0.245 e. The summed E-state index contributed by atoms with van der Waals surface area (Å²) in [6.07, 6.45) is 5.13. The highest BCUT2D eigenvalue weighted by Gasteiger charge is 2.40. The third kappa shape index (κ3) is 14.1. The molecule has 0 saturated carbocycles.